The van der Waals surface area contributed by atoms with Crippen molar-refractivity contribution in [3.8, 4) is 0 Å². The van der Waals surface area contributed by atoms with E-state index in [1.165, 1.54) is 5.56 Å². The molecule has 1 heterocycles. The van der Waals surface area contributed by atoms with Gasteiger partial charge in [-0.1, -0.05) is 29.3 Å². The van der Waals surface area contributed by atoms with Crippen molar-refractivity contribution < 1.29 is 9.21 Å². The van der Waals surface area contributed by atoms with Crippen LogP contribution >= 0.6 is 11.6 Å². The first-order valence-electron chi connectivity index (χ1n) is 7.89. The van der Waals surface area contributed by atoms with Gasteiger partial charge in [0, 0.05) is 21.7 Å². The summed E-state index contributed by atoms with van der Waals surface area (Å²) in [4.78, 5) is 12.4. The van der Waals surface area contributed by atoms with Gasteiger partial charge in [0.2, 0.25) is 5.91 Å². The minimum atomic E-state index is -0.0687. The normalized spacial score (nSPS) is 11.0. The number of benzene rings is 2. The Bertz CT molecular complexity index is 940. The Hall–Kier alpha value is -2.26. The predicted octanol–water partition coefficient (Wildman–Crippen LogP) is 5.50. The molecule has 0 spiro atoms. The Morgan fingerprint density at radius 2 is 1.88 bits per heavy atom. The van der Waals surface area contributed by atoms with Crippen molar-refractivity contribution in [2.24, 2.45) is 0 Å². The zero-order valence-corrected chi connectivity index (χ0v) is 15.0. The Balaban J connectivity index is 1.87. The fraction of sp³-hybridized carbons (Fsp3) is 0.250. The lowest BCUT2D eigenvalue weighted by molar-refractivity contribution is -0.115. The second kappa shape index (κ2) is 6.33. The molecule has 0 aliphatic heterocycles. The summed E-state index contributed by atoms with van der Waals surface area (Å²) in [6.45, 7) is 7.93. The second-order valence-electron chi connectivity index (χ2n) is 6.31. The van der Waals surface area contributed by atoms with Crippen LogP contribution in [-0.4, -0.2) is 5.91 Å². The van der Waals surface area contributed by atoms with Crippen LogP contribution in [0.2, 0.25) is 5.02 Å². The van der Waals surface area contributed by atoms with Gasteiger partial charge < -0.3 is 9.73 Å². The van der Waals surface area contributed by atoms with Crippen LogP contribution in [0.4, 0.5) is 5.69 Å². The maximum absolute atomic E-state index is 12.4. The van der Waals surface area contributed by atoms with Crippen molar-refractivity contribution in [3.05, 3.63) is 63.4 Å². The van der Waals surface area contributed by atoms with E-state index in [2.05, 4.69) is 11.4 Å². The lowest BCUT2D eigenvalue weighted by Gasteiger charge is -2.09. The Kier molecular flexibility index (Phi) is 4.37. The molecule has 0 unspecified atom stereocenters. The van der Waals surface area contributed by atoms with Crippen LogP contribution in [0.3, 0.4) is 0 Å². The number of nitrogens with one attached hydrogen (secondary N) is 1. The van der Waals surface area contributed by atoms with Gasteiger partial charge in [0.1, 0.15) is 5.58 Å². The van der Waals surface area contributed by atoms with E-state index in [4.69, 9.17) is 16.0 Å². The van der Waals surface area contributed by atoms with Gasteiger partial charge in [-0.15, -0.1) is 0 Å². The van der Waals surface area contributed by atoms with Crippen LogP contribution in [0.5, 0.6) is 0 Å². The highest BCUT2D eigenvalue weighted by Crippen LogP contribution is 2.32. The second-order valence-corrected chi connectivity index (χ2v) is 6.69. The Labute approximate surface area is 146 Å². The molecule has 124 valence electrons. The minimum absolute atomic E-state index is 0.0687. The van der Waals surface area contributed by atoms with E-state index in [0.29, 0.717) is 0 Å². The molecule has 24 heavy (non-hydrogen) atoms. The average molecular weight is 342 g/mol. The lowest BCUT2D eigenvalue weighted by atomic mass is 10.0. The van der Waals surface area contributed by atoms with E-state index < -0.39 is 0 Å². The molecule has 0 saturated heterocycles. The maximum Gasteiger partial charge on any atom is 0.228 e. The largest absolute Gasteiger partial charge is 0.464 e. The molecule has 0 radical (unpaired) electrons. The number of amides is 1. The molecule has 3 aromatic rings. The zero-order chi connectivity index (χ0) is 17.4. The van der Waals surface area contributed by atoms with Crippen molar-refractivity contribution in [3.63, 3.8) is 0 Å². The standard InChI is InChI=1S/C20H20ClNO2/c1-11-5-6-16(12(2)7-11)22-18(23)9-15-10-24-17-8-13(3)20(21)14(4)19(15)17/h5-8,10H,9H2,1-4H3,(H,22,23). The fourth-order valence-electron chi connectivity index (χ4n) is 3.06. The van der Waals surface area contributed by atoms with Crippen LogP contribution in [0.15, 0.2) is 34.9 Å². The van der Waals surface area contributed by atoms with Gasteiger partial charge in [0.15, 0.2) is 0 Å². The van der Waals surface area contributed by atoms with Crippen LogP contribution in [0.1, 0.15) is 27.8 Å². The van der Waals surface area contributed by atoms with Gasteiger partial charge in [0.25, 0.3) is 0 Å². The molecule has 0 fully saturated rings. The molecule has 2 aromatic carbocycles. The van der Waals surface area contributed by atoms with Crippen molar-refractivity contribution in [2.75, 3.05) is 5.32 Å². The highest BCUT2D eigenvalue weighted by molar-refractivity contribution is 6.33. The quantitative estimate of drug-likeness (QED) is 0.683. The summed E-state index contributed by atoms with van der Waals surface area (Å²) in [5.41, 5.74) is 6.61. The molecule has 3 rings (SSSR count). The summed E-state index contributed by atoms with van der Waals surface area (Å²) in [7, 11) is 0. The van der Waals surface area contributed by atoms with Crippen LogP contribution < -0.4 is 5.32 Å². The van der Waals surface area contributed by atoms with Gasteiger partial charge in [-0.05, 0) is 56.5 Å². The lowest BCUT2D eigenvalue weighted by Crippen LogP contribution is -2.15. The molecule has 3 nitrogen and oxygen atoms in total. The number of rotatable bonds is 3. The first kappa shape index (κ1) is 16.6. The van der Waals surface area contributed by atoms with Crippen LogP contribution in [-0.2, 0) is 11.2 Å². The van der Waals surface area contributed by atoms with Crippen molar-refractivity contribution in [1.29, 1.82) is 0 Å². The Morgan fingerprint density at radius 3 is 2.58 bits per heavy atom. The number of furan rings is 1. The zero-order valence-electron chi connectivity index (χ0n) is 14.3. The first-order chi connectivity index (χ1) is 11.4. The van der Waals surface area contributed by atoms with Crippen molar-refractivity contribution in [2.45, 2.75) is 34.1 Å². The summed E-state index contributed by atoms with van der Waals surface area (Å²) in [6, 6.07) is 7.88. The molecule has 4 heteroatoms. The molecule has 0 atom stereocenters. The highest BCUT2D eigenvalue weighted by atomic mass is 35.5. The summed E-state index contributed by atoms with van der Waals surface area (Å²) in [5.74, 6) is -0.0687. The third kappa shape index (κ3) is 3.04. The average Bonchev–Trinajstić information content (AvgIpc) is 2.90. The smallest absolute Gasteiger partial charge is 0.228 e. The van der Waals surface area contributed by atoms with Crippen molar-refractivity contribution in [1.82, 2.24) is 0 Å². The van der Waals surface area contributed by atoms with Gasteiger partial charge in [-0.25, -0.2) is 0 Å². The summed E-state index contributed by atoms with van der Waals surface area (Å²) in [5, 5.41) is 4.63. The predicted molar refractivity (Wildman–Crippen MR) is 98.9 cm³/mol. The van der Waals surface area contributed by atoms with E-state index in [1.54, 1.807) is 6.26 Å². The number of anilines is 1. The molecule has 0 aliphatic rings. The maximum atomic E-state index is 12.4. The van der Waals surface area contributed by atoms with E-state index in [0.717, 1.165) is 43.9 Å². The van der Waals surface area contributed by atoms with Crippen LogP contribution in [0, 0.1) is 27.7 Å². The number of fused-ring (bicyclic) bond motifs is 1. The summed E-state index contributed by atoms with van der Waals surface area (Å²) >= 11 is 6.35. The topological polar surface area (TPSA) is 42.2 Å². The third-order valence-corrected chi connectivity index (χ3v) is 4.88. The number of carbonyl (C=O) groups is 1. The molecular weight excluding hydrogens is 322 g/mol. The van der Waals surface area contributed by atoms with Gasteiger partial charge in [0.05, 0.1) is 12.7 Å². The monoisotopic (exact) mass is 341 g/mol. The minimum Gasteiger partial charge on any atom is -0.464 e. The molecule has 1 amide bonds. The fourth-order valence-corrected chi connectivity index (χ4v) is 3.21. The van der Waals surface area contributed by atoms with Gasteiger partial charge >= 0.3 is 0 Å². The number of hydrogen-bond donors (Lipinski definition) is 1. The molecule has 0 bridgehead atoms. The highest BCUT2D eigenvalue weighted by Gasteiger charge is 2.16. The SMILES string of the molecule is Cc1ccc(NC(=O)Cc2coc3cc(C)c(Cl)c(C)c23)c(C)c1. The molecule has 1 N–H and O–H groups in total. The number of halogens is 1. The first-order valence-corrected chi connectivity index (χ1v) is 8.27. The summed E-state index contributed by atoms with van der Waals surface area (Å²) < 4.78 is 5.62. The third-order valence-electron chi connectivity index (χ3n) is 4.30. The van der Waals surface area contributed by atoms with Crippen LogP contribution in [0.25, 0.3) is 11.0 Å². The van der Waals surface area contributed by atoms with Crippen molar-refractivity contribution >= 4 is 34.2 Å². The molecule has 1 aromatic heterocycles. The van der Waals surface area contributed by atoms with E-state index in [-0.39, 0.29) is 12.3 Å². The van der Waals surface area contributed by atoms with E-state index >= 15 is 0 Å². The number of carbonyl (C=O) groups excluding carboxylic acids is 1. The number of hydrogen-bond acceptors (Lipinski definition) is 2. The summed E-state index contributed by atoms with van der Waals surface area (Å²) in [6.07, 6.45) is 1.90. The van der Waals surface area contributed by atoms with Gasteiger partial charge in [-0.3, -0.25) is 4.79 Å². The molecule has 0 saturated carbocycles. The van der Waals surface area contributed by atoms with E-state index in [1.807, 2.05) is 45.9 Å². The molecule has 0 aliphatic carbocycles. The van der Waals surface area contributed by atoms with Gasteiger partial charge in [-0.2, -0.15) is 0 Å². The number of aryl methyl sites for hydroxylation is 4. The Morgan fingerprint density at radius 1 is 1.12 bits per heavy atom. The molecular formula is C20H20ClNO2. The van der Waals surface area contributed by atoms with E-state index in [9.17, 15) is 4.79 Å².